The van der Waals surface area contributed by atoms with Gasteiger partial charge in [-0.1, -0.05) is 0 Å². The van der Waals surface area contributed by atoms with Gasteiger partial charge >= 0.3 is 5.97 Å². The third-order valence-electron chi connectivity index (χ3n) is 2.71. The molecule has 0 bridgehead atoms. The van der Waals surface area contributed by atoms with Crippen molar-refractivity contribution in [3.8, 4) is 6.07 Å². The van der Waals surface area contributed by atoms with Gasteiger partial charge in [-0.25, -0.2) is 9.78 Å². The highest BCUT2D eigenvalue weighted by Gasteiger charge is 2.15. The van der Waals surface area contributed by atoms with Gasteiger partial charge in [-0.15, -0.1) is 0 Å². The summed E-state index contributed by atoms with van der Waals surface area (Å²) < 4.78 is 9.70. The number of nitrogen functional groups attached to an aromatic ring is 1. The zero-order chi connectivity index (χ0) is 15.0. The fourth-order valence-electron chi connectivity index (χ4n) is 1.64. The number of hydrogen-bond donors (Lipinski definition) is 1. The van der Waals surface area contributed by atoms with Crippen molar-refractivity contribution >= 4 is 17.5 Å². The van der Waals surface area contributed by atoms with Crippen molar-refractivity contribution in [2.45, 2.75) is 6.42 Å². The van der Waals surface area contributed by atoms with Gasteiger partial charge in [0.2, 0.25) is 0 Å². The smallest absolute Gasteiger partial charge is 0.340 e. The van der Waals surface area contributed by atoms with E-state index in [0.717, 1.165) is 0 Å². The summed E-state index contributed by atoms with van der Waals surface area (Å²) in [6.45, 7) is 1.55. The maximum Gasteiger partial charge on any atom is 0.340 e. The van der Waals surface area contributed by atoms with Gasteiger partial charge in [-0.05, 0) is 6.07 Å². The maximum atomic E-state index is 11.6. The molecule has 7 nitrogen and oxygen atoms in total. The lowest BCUT2D eigenvalue weighted by molar-refractivity contribution is 0.0602. The summed E-state index contributed by atoms with van der Waals surface area (Å²) >= 11 is 0. The van der Waals surface area contributed by atoms with Crippen LogP contribution in [0.25, 0.3) is 0 Å². The number of nitrogens with zero attached hydrogens (tertiary/aromatic N) is 3. The number of aromatic nitrogens is 1. The molecule has 1 rings (SSSR count). The molecule has 0 aromatic carbocycles. The van der Waals surface area contributed by atoms with E-state index in [1.54, 1.807) is 13.2 Å². The number of carbonyl (C=O) groups is 1. The largest absolute Gasteiger partial charge is 0.465 e. The Morgan fingerprint density at radius 3 is 2.85 bits per heavy atom. The van der Waals surface area contributed by atoms with Gasteiger partial charge < -0.3 is 20.1 Å². The Bertz CT molecular complexity index is 499. The highest BCUT2D eigenvalue weighted by molar-refractivity contribution is 5.95. The van der Waals surface area contributed by atoms with Gasteiger partial charge in [0.05, 0.1) is 43.7 Å². The Balaban J connectivity index is 3.00. The molecule has 0 radical (unpaired) electrons. The Hall–Kier alpha value is -2.33. The summed E-state index contributed by atoms with van der Waals surface area (Å²) in [7, 11) is 2.89. The van der Waals surface area contributed by atoms with Crippen molar-refractivity contribution in [3.63, 3.8) is 0 Å². The lowest BCUT2D eigenvalue weighted by Crippen LogP contribution is -2.29. The molecule has 108 valence electrons. The van der Waals surface area contributed by atoms with Crippen molar-refractivity contribution in [1.29, 1.82) is 5.26 Å². The minimum atomic E-state index is -0.516. The molecule has 1 heterocycles. The fraction of sp³-hybridized carbons (Fsp3) is 0.462. The molecule has 1 aromatic rings. The zero-order valence-electron chi connectivity index (χ0n) is 11.6. The number of methoxy groups -OCH3 is 2. The van der Waals surface area contributed by atoms with Gasteiger partial charge in [0.15, 0.2) is 0 Å². The van der Waals surface area contributed by atoms with Crippen molar-refractivity contribution < 1.29 is 14.3 Å². The monoisotopic (exact) mass is 278 g/mol. The van der Waals surface area contributed by atoms with E-state index < -0.39 is 5.97 Å². The molecule has 0 atom stereocenters. The molecule has 0 aliphatic rings. The number of nitrogens with two attached hydrogens (primary N) is 1. The first kappa shape index (κ1) is 15.7. The minimum absolute atomic E-state index is 0.257. The van der Waals surface area contributed by atoms with Crippen LogP contribution in [-0.4, -0.2) is 44.9 Å². The zero-order valence-corrected chi connectivity index (χ0v) is 11.6. The second kappa shape index (κ2) is 7.96. The van der Waals surface area contributed by atoms with E-state index in [2.05, 4.69) is 15.8 Å². The first-order valence-electron chi connectivity index (χ1n) is 6.08. The van der Waals surface area contributed by atoms with E-state index in [4.69, 9.17) is 15.7 Å². The molecule has 0 saturated heterocycles. The van der Waals surface area contributed by atoms with Crippen LogP contribution in [0, 0.1) is 11.3 Å². The summed E-state index contributed by atoms with van der Waals surface area (Å²) in [5.74, 6) is 0.0463. The lowest BCUT2D eigenvalue weighted by atomic mass is 10.2. The molecule has 20 heavy (non-hydrogen) atoms. The Morgan fingerprint density at radius 2 is 2.25 bits per heavy atom. The van der Waals surface area contributed by atoms with Crippen LogP contribution in [0.2, 0.25) is 0 Å². The van der Waals surface area contributed by atoms with Gasteiger partial charge in [0.1, 0.15) is 5.82 Å². The second-order valence-electron chi connectivity index (χ2n) is 4.01. The first-order valence-corrected chi connectivity index (χ1v) is 6.08. The highest BCUT2D eigenvalue weighted by atomic mass is 16.5. The van der Waals surface area contributed by atoms with E-state index in [-0.39, 0.29) is 11.3 Å². The van der Waals surface area contributed by atoms with Crippen LogP contribution in [-0.2, 0) is 9.47 Å². The molecule has 0 spiro atoms. The third-order valence-corrected chi connectivity index (χ3v) is 2.71. The third kappa shape index (κ3) is 4.10. The van der Waals surface area contributed by atoms with Crippen molar-refractivity contribution in [2.24, 2.45) is 0 Å². The Kier molecular flexibility index (Phi) is 6.26. The van der Waals surface area contributed by atoms with E-state index in [1.807, 2.05) is 4.90 Å². The fourth-order valence-corrected chi connectivity index (χ4v) is 1.64. The molecule has 0 amide bonds. The first-order chi connectivity index (χ1) is 9.63. The maximum absolute atomic E-state index is 11.6. The number of ether oxygens (including phenoxy) is 2. The molecule has 0 unspecified atom stereocenters. The standard InChI is InChI=1S/C13H18N4O3/c1-19-7-6-17(5-3-4-14)12-8-10(13(18)20-2)11(15)9-16-12/h8-9H,3,5-7,15H2,1-2H3. The quantitative estimate of drug-likeness (QED) is 0.736. The minimum Gasteiger partial charge on any atom is -0.465 e. The molecular weight excluding hydrogens is 260 g/mol. The molecule has 0 aliphatic heterocycles. The van der Waals surface area contributed by atoms with E-state index in [0.29, 0.717) is 31.9 Å². The van der Waals surface area contributed by atoms with Crippen molar-refractivity contribution in [3.05, 3.63) is 17.8 Å². The summed E-state index contributed by atoms with van der Waals surface area (Å²) in [6.07, 6.45) is 1.76. The predicted octanol–water partition coefficient (Wildman–Crippen LogP) is 0.817. The molecule has 0 aliphatic carbocycles. The molecule has 0 saturated carbocycles. The summed E-state index contributed by atoms with van der Waals surface area (Å²) in [5, 5.41) is 8.69. The van der Waals surface area contributed by atoms with Crippen molar-refractivity contribution in [2.75, 3.05) is 44.5 Å². The normalized spacial score (nSPS) is 9.85. The average molecular weight is 278 g/mol. The molecule has 0 fully saturated rings. The summed E-state index contributed by atoms with van der Waals surface area (Å²) in [6, 6.07) is 3.64. The van der Waals surface area contributed by atoms with Gasteiger partial charge in [0, 0.05) is 20.2 Å². The van der Waals surface area contributed by atoms with Gasteiger partial charge in [-0.2, -0.15) is 5.26 Å². The SMILES string of the molecule is COCCN(CCC#N)c1cc(C(=O)OC)c(N)cn1. The van der Waals surface area contributed by atoms with E-state index in [1.165, 1.54) is 13.3 Å². The number of nitriles is 1. The van der Waals surface area contributed by atoms with Crippen LogP contribution < -0.4 is 10.6 Å². The number of rotatable bonds is 7. The summed E-state index contributed by atoms with van der Waals surface area (Å²) in [4.78, 5) is 17.7. The number of anilines is 2. The average Bonchev–Trinajstić information content (AvgIpc) is 2.47. The van der Waals surface area contributed by atoms with Gasteiger partial charge in [0.25, 0.3) is 0 Å². The predicted molar refractivity (Wildman–Crippen MR) is 74.3 cm³/mol. The number of esters is 1. The number of pyridine rings is 1. The highest BCUT2D eigenvalue weighted by Crippen LogP contribution is 2.19. The van der Waals surface area contributed by atoms with E-state index >= 15 is 0 Å². The molecule has 7 heteroatoms. The number of hydrogen-bond acceptors (Lipinski definition) is 7. The van der Waals surface area contributed by atoms with E-state index in [9.17, 15) is 4.79 Å². The molecule has 1 aromatic heterocycles. The van der Waals surface area contributed by atoms with Crippen molar-refractivity contribution in [1.82, 2.24) is 4.98 Å². The summed E-state index contributed by atoms with van der Waals surface area (Å²) in [5.41, 5.74) is 6.23. The van der Waals surface area contributed by atoms with Crippen LogP contribution in [0.1, 0.15) is 16.8 Å². The lowest BCUT2D eigenvalue weighted by Gasteiger charge is -2.22. The Labute approximate surface area is 117 Å². The molecular formula is C13H18N4O3. The number of carbonyl (C=O) groups excluding carboxylic acids is 1. The second-order valence-corrected chi connectivity index (χ2v) is 4.01. The van der Waals surface area contributed by atoms with Crippen LogP contribution >= 0.6 is 0 Å². The van der Waals surface area contributed by atoms with Gasteiger partial charge in [-0.3, -0.25) is 0 Å². The topological polar surface area (TPSA) is 101 Å². The van der Waals surface area contributed by atoms with Crippen LogP contribution in [0.15, 0.2) is 12.3 Å². The Morgan fingerprint density at radius 1 is 1.50 bits per heavy atom. The van der Waals surface area contributed by atoms with Crippen LogP contribution in [0.5, 0.6) is 0 Å². The van der Waals surface area contributed by atoms with Crippen LogP contribution in [0.3, 0.4) is 0 Å². The van der Waals surface area contributed by atoms with Crippen LogP contribution in [0.4, 0.5) is 11.5 Å². The molecule has 2 N–H and O–H groups in total.